The van der Waals surface area contributed by atoms with Gasteiger partial charge in [-0.1, -0.05) is 19.9 Å². The highest BCUT2D eigenvalue weighted by Gasteiger charge is 2.53. The standard InChI is InChI=1S/C32H47F2N3O3/c1-30(2,3)36-16-14-32(21-36,26-7-6-23(33)18-27(26)34)29(39)35-15-10-25(19-35)37(28(38)22-11-17-40-20-22)24-8-12-31(4,5)13-9-24/h6-7,18,22,24-25H,8-17,19-21H2,1-5H3/t22-,25?,32?/m0/s1. The van der Waals surface area contributed by atoms with Gasteiger partial charge in [0.2, 0.25) is 11.8 Å². The lowest BCUT2D eigenvalue weighted by Crippen LogP contribution is -2.54. The molecular weight excluding hydrogens is 512 g/mol. The van der Waals surface area contributed by atoms with Crippen LogP contribution in [0.15, 0.2) is 18.2 Å². The Morgan fingerprint density at radius 3 is 2.33 bits per heavy atom. The van der Waals surface area contributed by atoms with Gasteiger partial charge in [-0.15, -0.1) is 0 Å². The van der Waals surface area contributed by atoms with E-state index in [2.05, 4.69) is 44.4 Å². The van der Waals surface area contributed by atoms with Crippen molar-refractivity contribution in [2.24, 2.45) is 11.3 Å². The van der Waals surface area contributed by atoms with Gasteiger partial charge in [-0.25, -0.2) is 8.78 Å². The van der Waals surface area contributed by atoms with Crippen molar-refractivity contribution in [1.82, 2.24) is 14.7 Å². The number of carbonyl (C=O) groups is 2. The molecule has 2 amide bonds. The minimum Gasteiger partial charge on any atom is -0.381 e. The maximum Gasteiger partial charge on any atom is 0.234 e. The van der Waals surface area contributed by atoms with Crippen molar-refractivity contribution >= 4 is 11.8 Å². The molecule has 5 rings (SSSR count). The minimum atomic E-state index is -1.08. The summed E-state index contributed by atoms with van der Waals surface area (Å²) in [5, 5.41) is 0. The molecule has 3 atom stereocenters. The highest BCUT2D eigenvalue weighted by molar-refractivity contribution is 5.89. The van der Waals surface area contributed by atoms with Gasteiger partial charge in [-0.3, -0.25) is 14.5 Å². The fourth-order valence-corrected chi connectivity index (χ4v) is 7.49. The van der Waals surface area contributed by atoms with Crippen LogP contribution in [-0.2, 0) is 19.7 Å². The van der Waals surface area contributed by atoms with Gasteiger partial charge in [-0.05, 0) is 77.2 Å². The summed E-state index contributed by atoms with van der Waals surface area (Å²) >= 11 is 0. The number of rotatable bonds is 5. The van der Waals surface area contributed by atoms with Gasteiger partial charge in [0.15, 0.2) is 0 Å². The van der Waals surface area contributed by atoms with Crippen LogP contribution in [0.4, 0.5) is 8.78 Å². The first-order valence-corrected chi connectivity index (χ1v) is 15.2. The highest BCUT2D eigenvalue weighted by Crippen LogP contribution is 2.43. The number of halogens is 2. The quantitative estimate of drug-likeness (QED) is 0.501. The number of benzene rings is 1. The molecule has 0 spiro atoms. The first kappa shape index (κ1) is 29.4. The van der Waals surface area contributed by atoms with Crippen molar-refractivity contribution in [2.45, 2.75) is 103 Å². The molecule has 222 valence electrons. The molecule has 4 fully saturated rings. The van der Waals surface area contributed by atoms with Crippen LogP contribution in [0.3, 0.4) is 0 Å². The molecule has 40 heavy (non-hydrogen) atoms. The van der Waals surface area contributed by atoms with Crippen LogP contribution in [0.25, 0.3) is 0 Å². The molecule has 1 aromatic rings. The molecule has 3 heterocycles. The molecule has 6 nitrogen and oxygen atoms in total. The Hall–Kier alpha value is -2.06. The van der Waals surface area contributed by atoms with E-state index in [9.17, 15) is 14.0 Å². The summed E-state index contributed by atoms with van der Waals surface area (Å²) in [6.07, 6.45) is 6.05. The van der Waals surface area contributed by atoms with Gasteiger partial charge >= 0.3 is 0 Å². The van der Waals surface area contributed by atoms with Gasteiger partial charge in [0.25, 0.3) is 0 Å². The summed E-state index contributed by atoms with van der Waals surface area (Å²) in [5.74, 6) is -1.36. The summed E-state index contributed by atoms with van der Waals surface area (Å²) < 4.78 is 34.8. The number of amides is 2. The maximum absolute atomic E-state index is 15.3. The van der Waals surface area contributed by atoms with Crippen molar-refractivity contribution in [2.75, 3.05) is 39.4 Å². The average Bonchev–Trinajstić information content (AvgIpc) is 3.66. The lowest BCUT2D eigenvalue weighted by Gasteiger charge is -2.44. The SMILES string of the molecule is CC1(C)CCC(N(C(=O)[C@H]2CCOC2)C2CCN(C(=O)C3(c4ccc(F)cc4F)CCN(C(C)(C)C)C3)C2)CC1. The Morgan fingerprint density at radius 2 is 1.73 bits per heavy atom. The van der Waals surface area contributed by atoms with E-state index in [1.165, 1.54) is 12.1 Å². The fourth-order valence-electron chi connectivity index (χ4n) is 7.49. The van der Waals surface area contributed by atoms with E-state index in [0.717, 1.165) is 44.6 Å². The molecular formula is C32H47F2N3O3. The van der Waals surface area contributed by atoms with E-state index >= 15 is 4.39 Å². The predicted molar refractivity (Wildman–Crippen MR) is 151 cm³/mol. The Kier molecular flexibility index (Phi) is 8.07. The molecule has 4 aliphatic rings. The molecule has 0 aromatic heterocycles. The molecule has 0 bridgehead atoms. The summed E-state index contributed by atoms with van der Waals surface area (Å²) in [5.41, 5.74) is -0.706. The monoisotopic (exact) mass is 559 g/mol. The minimum absolute atomic E-state index is 0.0569. The van der Waals surface area contributed by atoms with Crippen molar-refractivity contribution < 1.29 is 23.1 Å². The van der Waals surface area contributed by atoms with Gasteiger partial charge in [0, 0.05) is 56.0 Å². The van der Waals surface area contributed by atoms with Crippen LogP contribution >= 0.6 is 0 Å². The van der Waals surface area contributed by atoms with Crippen molar-refractivity contribution in [3.63, 3.8) is 0 Å². The van der Waals surface area contributed by atoms with Gasteiger partial charge in [0.05, 0.1) is 24.0 Å². The third-order valence-corrected chi connectivity index (χ3v) is 10.2. The van der Waals surface area contributed by atoms with E-state index in [1.54, 1.807) is 0 Å². The Bertz CT molecular complexity index is 1100. The second kappa shape index (κ2) is 11.0. The Labute approximate surface area is 238 Å². The van der Waals surface area contributed by atoms with E-state index in [0.29, 0.717) is 45.8 Å². The van der Waals surface area contributed by atoms with Crippen molar-refractivity contribution in [3.05, 3.63) is 35.4 Å². The third kappa shape index (κ3) is 5.67. The van der Waals surface area contributed by atoms with E-state index < -0.39 is 17.0 Å². The smallest absolute Gasteiger partial charge is 0.234 e. The zero-order valence-electron chi connectivity index (χ0n) is 25.0. The first-order chi connectivity index (χ1) is 18.8. The molecule has 1 saturated carbocycles. The number of likely N-dealkylation sites (tertiary alicyclic amines) is 2. The fraction of sp³-hybridized carbons (Fsp3) is 0.750. The summed E-state index contributed by atoms with van der Waals surface area (Å²) in [7, 11) is 0. The van der Waals surface area contributed by atoms with Crippen molar-refractivity contribution in [3.8, 4) is 0 Å². The molecule has 8 heteroatoms. The third-order valence-electron chi connectivity index (χ3n) is 10.2. The lowest BCUT2D eigenvalue weighted by molar-refractivity contribution is -0.143. The van der Waals surface area contributed by atoms with Gasteiger partial charge < -0.3 is 14.5 Å². The molecule has 3 aliphatic heterocycles. The topological polar surface area (TPSA) is 53.1 Å². The van der Waals surface area contributed by atoms with Crippen LogP contribution in [0.5, 0.6) is 0 Å². The normalized spacial score (nSPS) is 29.7. The van der Waals surface area contributed by atoms with Crippen molar-refractivity contribution in [1.29, 1.82) is 0 Å². The highest BCUT2D eigenvalue weighted by atomic mass is 19.1. The molecule has 1 aromatic carbocycles. The number of nitrogens with zero attached hydrogens (tertiary/aromatic N) is 3. The lowest BCUT2D eigenvalue weighted by atomic mass is 9.75. The zero-order chi connectivity index (χ0) is 28.9. The zero-order valence-corrected chi connectivity index (χ0v) is 25.0. The summed E-state index contributed by atoms with van der Waals surface area (Å²) in [4.78, 5) is 34.6. The molecule has 1 aliphatic carbocycles. The molecule has 3 saturated heterocycles. The van der Waals surface area contributed by atoms with E-state index in [-0.39, 0.29) is 46.3 Å². The van der Waals surface area contributed by atoms with E-state index in [1.807, 2.05) is 4.90 Å². The number of hydrogen-bond donors (Lipinski definition) is 0. The second-order valence-corrected chi connectivity index (χ2v) is 14.4. The van der Waals surface area contributed by atoms with Gasteiger partial charge in [-0.2, -0.15) is 0 Å². The van der Waals surface area contributed by atoms with Crippen LogP contribution in [-0.4, -0.2) is 83.5 Å². The number of ether oxygens (including phenoxy) is 1. The molecule has 0 N–H and O–H groups in total. The number of hydrogen-bond acceptors (Lipinski definition) is 4. The van der Waals surface area contributed by atoms with Crippen LogP contribution < -0.4 is 0 Å². The predicted octanol–water partition coefficient (Wildman–Crippen LogP) is 5.14. The van der Waals surface area contributed by atoms with Crippen LogP contribution in [0.2, 0.25) is 0 Å². The molecule has 2 unspecified atom stereocenters. The summed E-state index contributed by atoms with van der Waals surface area (Å²) in [6, 6.07) is 3.73. The van der Waals surface area contributed by atoms with Gasteiger partial charge in [0.1, 0.15) is 11.6 Å². The second-order valence-electron chi connectivity index (χ2n) is 14.4. The average molecular weight is 560 g/mol. The number of carbonyl (C=O) groups excluding carboxylic acids is 2. The maximum atomic E-state index is 15.3. The Morgan fingerprint density at radius 1 is 1.00 bits per heavy atom. The van der Waals surface area contributed by atoms with E-state index in [4.69, 9.17) is 4.74 Å². The Balaban J connectivity index is 1.41. The summed E-state index contributed by atoms with van der Waals surface area (Å²) in [6.45, 7) is 14.0. The first-order valence-electron chi connectivity index (χ1n) is 15.2. The largest absolute Gasteiger partial charge is 0.381 e. The molecule has 0 radical (unpaired) electrons. The van der Waals surface area contributed by atoms with Crippen LogP contribution in [0, 0.1) is 23.0 Å². The van der Waals surface area contributed by atoms with Crippen LogP contribution in [0.1, 0.15) is 85.1 Å².